The molecule has 2 rings (SSSR count). The van der Waals surface area contributed by atoms with Crippen molar-refractivity contribution in [2.75, 3.05) is 10.1 Å². The molecule has 0 atom stereocenters. The first-order chi connectivity index (χ1) is 9.44. The summed E-state index contributed by atoms with van der Waals surface area (Å²) in [5.74, 6) is 5.49. The molecular formula is C10H9Br2N5O2S. The van der Waals surface area contributed by atoms with Gasteiger partial charge in [-0.15, -0.1) is 0 Å². The Morgan fingerprint density at radius 1 is 1.20 bits per heavy atom. The van der Waals surface area contributed by atoms with Gasteiger partial charge in [-0.3, -0.25) is 4.72 Å². The summed E-state index contributed by atoms with van der Waals surface area (Å²) in [5, 5.41) is 0. The lowest BCUT2D eigenvalue weighted by molar-refractivity contribution is 0.601. The van der Waals surface area contributed by atoms with Crippen molar-refractivity contribution in [2.24, 2.45) is 5.84 Å². The molecule has 0 aliphatic carbocycles. The van der Waals surface area contributed by atoms with Crippen LogP contribution >= 0.6 is 31.9 Å². The van der Waals surface area contributed by atoms with Crippen molar-refractivity contribution in [1.82, 2.24) is 9.97 Å². The number of aromatic nitrogens is 2. The van der Waals surface area contributed by atoms with Crippen molar-refractivity contribution in [2.45, 2.75) is 4.90 Å². The van der Waals surface area contributed by atoms with Crippen molar-refractivity contribution in [1.29, 1.82) is 0 Å². The van der Waals surface area contributed by atoms with E-state index in [0.717, 1.165) is 0 Å². The molecule has 0 aromatic carbocycles. The first-order valence-corrected chi connectivity index (χ1v) is 8.26. The number of pyridine rings is 2. The van der Waals surface area contributed by atoms with Gasteiger partial charge in [-0.1, -0.05) is 0 Å². The van der Waals surface area contributed by atoms with Gasteiger partial charge in [0.15, 0.2) is 11.6 Å². The van der Waals surface area contributed by atoms with Gasteiger partial charge < -0.3 is 5.43 Å². The molecule has 106 valence electrons. The molecule has 0 saturated carbocycles. The van der Waals surface area contributed by atoms with Crippen LogP contribution in [0.25, 0.3) is 0 Å². The molecule has 10 heteroatoms. The van der Waals surface area contributed by atoms with Crippen molar-refractivity contribution < 1.29 is 8.42 Å². The number of hydrogen-bond acceptors (Lipinski definition) is 6. The van der Waals surface area contributed by atoms with E-state index in [1.807, 2.05) is 0 Å². The van der Waals surface area contributed by atoms with Crippen LogP contribution in [0.4, 0.5) is 11.6 Å². The Kier molecular flexibility index (Phi) is 4.58. The van der Waals surface area contributed by atoms with Crippen molar-refractivity contribution >= 4 is 53.5 Å². The quantitative estimate of drug-likeness (QED) is 0.514. The maximum atomic E-state index is 12.4. The largest absolute Gasteiger partial charge is 0.307 e. The number of halogens is 2. The highest BCUT2D eigenvalue weighted by molar-refractivity contribution is 9.10. The van der Waals surface area contributed by atoms with E-state index >= 15 is 0 Å². The summed E-state index contributed by atoms with van der Waals surface area (Å²) >= 11 is 6.39. The van der Waals surface area contributed by atoms with E-state index in [9.17, 15) is 8.42 Å². The van der Waals surface area contributed by atoms with E-state index in [0.29, 0.717) is 8.95 Å². The number of anilines is 2. The second-order valence-corrected chi connectivity index (χ2v) is 7.00. The van der Waals surface area contributed by atoms with Crippen LogP contribution in [-0.4, -0.2) is 18.4 Å². The van der Waals surface area contributed by atoms with Crippen LogP contribution in [0.2, 0.25) is 0 Å². The van der Waals surface area contributed by atoms with Gasteiger partial charge in [-0.05, 0) is 50.1 Å². The zero-order valence-electron chi connectivity index (χ0n) is 9.84. The molecule has 0 fully saturated rings. The van der Waals surface area contributed by atoms with E-state index in [2.05, 4.69) is 52.0 Å². The Labute approximate surface area is 132 Å². The molecule has 20 heavy (non-hydrogen) atoms. The zero-order valence-corrected chi connectivity index (χ0v) is 13.8. The summed E-state index contributed by atoms with van der Waals surface area (Å²) in [6, 6.07) is 4.74. The number of nitrogens with one attached hydrogen (secondary N) is 2. The van der Waals surface area contributed by atoms with Gasteiger partial charge >= 0.3 is 0 Å². The number of nitrogen functional groups attached to an aromatic ring is 1. The van der Waals surface area contributed by atoms with Gasteiger partial charge in [0, 0.05) is 16.9 Å². The summed E-state index contributed by atoms with van der Waals surface area (Å²) in [7, 11) is -3.88. The lowest BCUT2D eigenvalue weighted by atomic mass is 10.5. The zero-order chi connectivity index (χ0) is 14.8. The Balaban J connectivity index is 2.46. The van der Waals surface area contributed by atoms with Gasteiger partial charge in [0.05, 0.1) is 4.47 Å². The van der Waals surface area contributed by atoms with Crippen LogP contribution in [0.5, 0.6) is 0 Å². The van der Waals surface area contributed by atoms with Gasteiger partial charge in [0.1, 0.15) is 4.90 Å². The smallest absolute Gasteiger partial charge is 0.266 e. The third-order valence-electron chi connectivity index (χ3n) is 2.24. The molecule has 0 unspecified atom stereocenters. The summed E-state index contributed by atoms with van der Waals surface area (Å²) in [6.45, 7) is 0. The number of hydrazine groups is 1. The molecule has 4 N–H and O–H groups in total. The number of hydrogen-bond donors (Lipinski definition) is 3. The Morgan fingerprint density at radius 3 is 2.60 bits per heavy atom. The third kappa shape index (κ3) is 3.26. The van der Waals surface area contributed by atoms with E-state index < -0.39 is 10.0 Å². The molecule has 7 nitrogen and oxygen atoms in total. The maximum absolute atomic E-state index is 12.4. The Bertz CT molecular complexity index is 738. The SMILES string of the molecule is NNc1ncc(Br)cc1S(=O)(=O)Nc1ncccc1Br. The topological polar surface area (TPSA) is 110 Å². The lowest BCUT2D eigenvalue weighted by Gasteiger charge is -2.11. The normalized spacial score (nSPS) is 11.2. The second-order valence-electron chi connectivity index (χ2n) is 3.58. The van der Waals surface area contributed by atoms with Gasteiger partial charge in [0.2, 0.25) is 0 Å². The van der Waals surface area contributed by atoms with Crippen LogP contribution in [0, 0.1) is 0 Å². The third-order valence-corrected chi connectivity index (χ3v) is 4.66. The molecule has 2 heterocycles. The van der Waals surface area contributed by atoms with E-state index in [1.54, 1.807) is 12.1 Å². The fourth-order valence-corrected chi connectivity index (χ4v) is 3.52. The van der Waals surface area contributed by atoms with Crippen molar-refractivity contribution in [3.63, 3.8) is 0 Å². The summed E-state index contributed by atoms with van der Waals surface area (Å²) in [4.78, 5) is 7.75. The minimum Gasteiger partial charge on any atom is -0.307 e. The fourth-order valence-electron chi connectivity index (χ4n) is 1.38. The highest BCUT2D eigenvalue weighted by Gasteiger charge is 2.21. The van der Waals surface area contributed by atoms with Gasteiger partial charge in [0.25, 0.3) is 10.0 Å². The van der Waals surface area contributed by atoms with Crippen LogP contribution in [-0.2, 0) is 10.0 Å². The molecule has 0 aliphatic rings. The predicted molar refractivity (Wildman–Crippen MR) is 82.5 cm³/mol. The average Bonchev–Trinajstić information content (AvgIpc) is 2.41. The molecule has 2 aromatic heterocycles. The molecule has 0 radical (unpaired) electrons. The number of nitrogens with zero attached hydrogens (tertiary/aromatic N) is 2. The number of nitrogens with two attached hydrogens (primary N) is 1. The summed E-state index contributed by atoms with van der Waals surface area (Å²) < 4.78 is 28.1. The lowest BCUT2D eigenvalue weighted by Crippen LogP contribution is -2.19. The van der Waals surface area contributed by atoms with Crippen LogP contribution < -0.4 is 16.0 Å². The molecule has 0 saturated heterocycles. The maximum Gasteiger partial charge on any atom is 0.266 e. The molecule has 0 bridgehead atoms. The molecule has 0 spiro atoms. The van der Waals surface area contributed by atoms with E-state index in [4.69, 9.17) is 5.84 Å². The van der Waals surface area contributed by atoms with Crippen molar-refractivity contribution in [3.05, 3.63) is 39.5 Å². The Morgan fingerprint density at radius 2 is 1.95 bits per heavy atom. The standard InChI is InChI=1S/C10H9Br2N5O2S/c11-6-4-8(10(16-13)15-5-6)20(18,19)17-9-7(12)2-1-3-14-9/h1-5H,13H2,(H,14,17)(H,15,16). The minimum atomic E-state index is -3.88. The monoisotopic (exact) mass is 421 g/mol. The number of rotatable bonds is 4. The molecule has 2 aromatic rings. The minimum absolute atomic E-state index is 0.0350. The van der Waals surface area contributed by atoms with Gasteiger partial charge in [-0.25, -0.2) is 24.2 Å². The van der Waals surface area contributed by atoms with Crippen LogP contribution in [0.1, 0.15) is 0 Å². The number of sulfonamides is 1. The van der Waals surface area contributed by atoms with Crippen LogP contribution in [0.3, 0.4) is 0 Å². The summed E-state index contributed by atoms with van der Waals surface area (Å²) in [6.07, 6.45) is 2.91. The first-order valence-electron chi connectivity index (χ1n) is 5.19. The fraction of sp³-hybridized carbons (Fsp3) is 0. The van der Waals surface area contributed by atoms with Gasteiger partial charge in [-0.2, -0.15) is 0 Å². The van der Waals surface area contributed by atoms with E-state index in [-0.39, 0.29) is 16.5 Å². The highest BCUT2D eigenvalue weighted by Crippen LogP contribution is 2.26. The molecule has 0 amide bonds. The summed E-state index contributed by atoms with van der Waals surface area (Å²) in [5.41, 5.74) is 2.25. The Hall–Kier alpha value is -1.23. The molecular weight excluding hydrogens is 414 g/mol. The predicted octanol–water partition coefficient (Wildman–Crippen LogP) is 2.09. The molecule has 0 aliphatic heterocycles. The second kappa shape index (κ2) is 6.04. The van der Waals surface area contributed by atoms with E-state index in [1.165, 1.54) is 18.5 Å². The van der Waals surface area contributed by atoms with Crippen LogP contribution in [0.15, 0.2) is 44.4 Å². The first kappa shape index (κ1) is 15.2. The average molecular weight is 423 g/mol. The highest BCUT2D eigenvalue weighted by atomic mass is 79.9. The van der Waals surface area contributed by atoms with Crippen molar-refractivity contribution in [3.8, 4) is 0 Å².